The molecule has 2 radical (unpaired) electrons. The summed E-state index contributed by atoms with van der Waals surface area (Å²) in [5, 5.41) is 0. The summed E-state index contributed by atoms with van der Waals surface area (Å²) in [6.07, 6.45) is 8.71. The molecule has 0 rings (SSSR count). The van der Waals surface area contributed by atoms with Gasteiger partial charge in [0.25, 0.3) is 0 Å². The monoisotopic (exact) mass is 108 g/mol. The minimum absolute atomic E-state index is 0.880. The molecule has 0 saturated heterocycles. The standard InChI is InChI=1S/C8H12/c1-3-5-7-8-6-4-2/h1,3,6,8H,2,4-5,7H2/b3-1?,8-6+. The molecular weight excluding hydrogens is 96.1 g/mol. The van der Waals surface area contributed by atoms with Crippen LogP contribution in [0.4, 0.5) is 0 Å². The zero-order chi connectivity index (χ0) is 6.24. The molecule has 0 bridgehead atoms. The van der Waals surface area contributed by atoms with Crippen LogP contribution in [0.15, 0.2) is 18.2 Å². The van der Waals surface area contributed by atoms with E-state index in [-0.39, 0.29) is 0 Å². The van der Waals surface area contributed by atoms with Gasteiger partial charge in [-0.15, -0.1) is 0 Å². The number of allylic oxidation sites excluding steroid dienone is 3. The van der Waals surface area contributed by atoms with Gasteiger partial charge in [-0.25, -0.2) is 0 Å². The molecule has 0 heteroatoms. The van der Waals surface area contributed by atoms with Crippen molar-refractivity contribution in [2.24, 2.45) is 0 Å². The highest BCUT2D eigenvalue weighted by Crippen LogP contribution is 1.91. The van der Waals surface area contributed by atoms with Crippen LogP contribution in [0.2, 0.25) is 0 Å². The number of hydrogen-bond acceptors (Lipinski definition) is 0. The van der Waals surface area contributed by atoms with E-state index in [2.05, 4.69) is 13.0 Å². The van der Waals surface area contributed by atoms with E-state index >= 15 is 0 Å². The zero-order valence-corrected chi connectivity index (χ0v) is 5.14. The Morgan fingerprint density at radius 2 is 2.00 bits per heavy atom. The van der Waals surface area contributed by atoms with Crippen LogP contribution in [0.5, 0.6) is 0 Å². The zero-order valence-electron chi connectivity index (χ0n) is 5.14. The van der Waals surface area contributed by atoms with Crippen molar-refractivity contribution in [1.29, 1.82) is 0 Å². The van der Waals surface area contributed by atoms with Crippen LogP contribution in [0, 0.1) is 13.5 Å². The lowest BCUT2D eigenvalue weighted by atomic mass is 10.3. The van der Waals surface area contributed by atoms with Gasteiger partial charge in [-0.05, 0) is 26.2 Å². The third-order valence-electron chi connectivity index (χ3n) is 0.833. The Hall–Kier alpha value is -0.520. The molecule has 0 heterocycles. The van der Waals surface area contributed by atoms with Crippen molar-refractivity contribution in [3.8, 4) is 0 Å². The molecule has 0 unspecified atom stereocenters. The fourth-order valence-corrected chi connectivity index (χ4v) is 0.428. The smallest absolute Gasteiger partial charge is 0.0313 e. The minimum Gasteiger partial charge on any atom is -0.0885 e. The largest absolute Gasteiger partial charge is 0.0885 e. The maximum Gasteiger partial charge on any atom is -0.0313 e. The van der Waals surface area contributed by atoms with Gasteiger partial charge in [0.1, 0.15) is 0 Å². The van der Waals surface area contributed by atoms with Crippen LogP contribution in [-0.4, -0.2) is 0 Å². The van der Waals surface area contributed by atoms with E-state index in [1.807, 2.05) is 6.08 Å². The summed E-state index contributed by atoms with van der Waals surface area (Å²) in [5.41, 5.74) is 0. The summed E-state index contributed by atoms with van der Waals surface area (Å²) in [7, 11) is 0. The highest BCUT2D eigenvalue weighted by Gasteiger charge is 1.71. The molecule has 0 amide bonds. The van der Waals surface area contributed by atoms with Gasteiger partial charge in [-0.3, -0.25) is 0 Å². The Kier molecular flexibility index (Phi) is 6.06. The predicted molar refractivity (Wildman–Crippen MR) is 37.2 cm³/mol. The van der Waals surface area contributed by atoms with Crippen molar-refractivity contribution in [2.75, 3.05) is 0 Å². The van der Waals surface area contributed by atoms with Crippen LogP contribution in [0.1, 0.15) is 19.3 Å². The number of unbranched alkanes of at least 4 members (excludes halogenated alkanes) is 1. The summed E-state index contributed by atoms with van der Waals surface area (Å²) in [6, 6.07) is 0. The molecular formula is C8H12. The van der Waals surface area contributed by atoms with Crippen molar-refractivity contribution in [2.45, 2.75) is 19.3 Å². The van der Waals surface area contributed by atoms with Crippen LogP contribution in [0.25, 0.3) is 0 Å². The van der Waals surface area contributed by atoms with Crippen LogP contribution >= 0.6 is 0 Å². The Morgan fingerprint density at radius 1 is 1.25 bits per heavy atom. The van der Waals surface area contributed by atoms with Crippen LogP contribution in [-0.2, 0) is 0 Å². The summed E-state index contributed by atoms with van der Waals surface area (Å²) in [6.45, 7) is 8.79. The molecule has 0 nitrogen and oxygen atoms in total. The summed E-state index contributed by atoms with van der Waals surface area (Å²) in [4.78, 5) is 0. The second kappa shape index (κ2) is 6.48. The Bertz CT molecular complexity index is 70.1. The van der Waals surface area contributed by atoms with E-state index in [0.717, 1.165) is 19.3 Å². The first kappa shape index (κ1) is 7.48. The normalized spacial score (nSPS) is 10.1. The summed E-state index contributed by atoms with van der Waals surface area (Å²) < 4.78 is 0. The highest BCUT2D eigenvalue weighted by molar-refractivity contribution is 4.84. The Balaban J connectivity index is 2.90. The first-order chi connectivity index (χ1) is 3.91. The fourth-order valence-electron chi connectivity index (χ4n) is 0.428. The van der Waals surface area contributed by atoms with Crippen molar-refractivity contribution in [3.05, 3.63) is 31.7 Å². The molecule has 44 valence electrons. The van der Waals surface area contributed by atoms with E-state index in [4.69, 9.17) is 6.58 Å². The molecule has 8 heavy (non-hydrogen) atoms. The van der Waals surface area contributed by atoms with Crippen LogP contribution < -0.4 is 0 Å². The highest BCUT2D eigenvalue weighted by atomic mass is 13.8. The molecule has 0 fully saturated rings. The third-order valence-corrected chi connectivity index (χ3v) is 0.833. The Morgan fingerprint density at radius 3 is 2.50 bits per heavy atom. The van der Waals surface area contributed by atoms with E-state index in [1.54, 1.807) is 6.08 Å². The quantitative estimate of drug-likeness (QED) is 0.383. The average Bonchev–Trinajstić information content (AvgIpc) is 1.81. The van der Waals surface area contributed by atoms with Crippen molar-refractivity contribution >= 4 is 0 Å². The molecule has 0 aliphatic carbocycles. The van der Waals surface area contributed by atoms with Gasteiger partial charge in [-0.1, -0.05) is 24.8 Å². The van der Waals surface area contributed by atoms with E-state index in [1.165, 1.54) is 0 Å². The molecule has 0 atom stereocenters. The maximum atomic E-state index is 5.14. The molecule has 0 aliphatic heterocycles. The molecule has 0 spiro atoms. The third kappa shape index (κ3) is 5.48. The lowest BCUT2D eigenvalue weighted by molar-refractivity contribution is 1.05. The second-order valence-corrected chi connectivity index (χ2v) is 1.57. The molecule has 0 N–H and O–H groups in total. The van der Waals surface area contributed by atoms with E-state index in [0.29, 0.717) is 0 Å². The SMILES string of the molecule is [CH]=CCC/C=C/C[CH2]. The topological polar surface area (TPSA) is 0 Å². The molecule has 0 aliphatic rings. The van der Waals surface area contributed by atoms with Gasteiger partial charge in [0, 0.05) is 0 Å². The van der Waals surface area contributed by atoms with Crippen molar-refractivity contribution in [1.82, 2.24) is 0 Å². The van der Waals surface area contributed by atoms with Gasteiger partial charge < -0.3 is 0 Å². The molecule has 0 aromatic rings. The van der Waals surface area contributed by atoms with Crippen molar-refractivity contribution in [3.63, 3.8) is 0 Å². The second-order valence-electron chi connectivity index (χ2n) is 1.57. The van der Waals surface area contributed by atoms with E-state index < -0.39 is 0 Å². The molecule has 0 saturated carbocycles. The first-order valence-electron chi connectivity index (χ1n) is 2.89. The van der Waals surface area contributed by atoms with Gasteiger partial charge in [-0.2, -0.15) is 0 Å². The predicted octanol–water partition coefficient (Wildman–Crippen LogP) is 2.54. The average molecular weight is 108 g/mol. The lowest BCUT2D eigenvalue weighted by Gasteiger charge is -1.81. The van der Waals surface area contributed by atoms with Gasteiger partial charge in [0.05, 0.1) is 0 Å². The van der Waals surface area contributed by atoms with Gasteiger partial charge in [0.2, 0.25) is 0 Å². The summed E-state index contributed by atoms with van der Waals surface area (Å²) in [5.74, 6) is 0. The van der Waals surface area contributed by atoms with Crippen molar-refractivity contribution < 1.29 is 0 Å². The first-order valence-corrected chi connectivity index (χ1v) is 2.89. The molecule has 0 aromatic heterocycles. The van der Waals surface area contributed by atoms with Gasteiger partial charge >= 0.3 is 0 Å². The van der Waals surface area contributed by atoms with E-state index in [9.17, 15) is 0 Å². The molecule has 0 aromatic carbocycles. The number of rotatable bonds is 4. The minimum atomic E-state index is 0.880. The Labute approximate surface area is 51.9 Å². The van der Waals surface area contributed by atoms with Gasteiger partial charge in [0.15, 0.2) is 0 Å². The fraction of sp³-hybridized carbons (Fsp3) is 0.375. The van der Waals surface area contributed by atoms with Crippen LogP contribution in [0.3, 0.4) is 0 Å². The number of hydrogen-bond donors (Lipinski definition) is 0. The summed E-state index contributed by atoms with van der Waals surface area (Å²) >= 11 is 0. The maximum absolute atomic E-state index is 5.14. The lowest BCUT2D eigenvalue weighted by Crippen LogP contribution is -1.61.